The van der Waals surface area contributed by atoms with Gasteiger partial charge in [-0.15, -0.1) is 0 Å². The van der Waals surface area contributed by atoms with Gasteiger partial charge in [0.15, 0.2) is 5.82 Å². The Morgan fingerprint density at radius 1 is 1.43 bits per heavy atom. The summed E-state index contributed by atoms with van der Waals surface area (Å²) >= 11 is 5.74. The van der Waals surface area contributed by atoms with Crippen LogP contribution in [0.4, 0.5) is 0 Å². The molecule has 0 fully saturated rings. The van der Waals surface area contributed by atoms with E-state index in [1.807, 2.05) is 12.4 Å². The number of aromatic nitrogens is 4. The average Bonchev–Trinajstić information content (AvgIpc) is 2.66. The van der Waals surface area contributed by atoms with Gasteiger partial charge in [0.25, 0.3) is 0 Å². The van der Waals surface area contributed by atoms with Gasteiger partial charge in [0.2, 0.25) is 0 Å². The fourth-order valence-corrected chi connectivity index (χ4v) is 1.26. The largest absolute Gasteiger partial charge is 0.224 e. The van der Waals surface area contributed by atoms with Crippen LogP contribution >= 0.6 is 11.6 Å². The Hall–Kier alpha value is -1.42. The molecular formula is C9H9ClN4. The molecule has 0 bridgehead atoms. The van der Waals surface area contributed by atoms with Gasteiger partial charge in [0.1, 0.15) is 11.5 Å². The summed E-state index contributed by atoms with van der Waals surface area (Å²) in [6.07, 6.45) is 6.12. The zero-order chi connectivity index (χ0) is 9.97. The molecule has 72 valence electrons. The number of aryl methyl sites for hydroxylation is 1. The Kier molecular flexibility index (Phi) is 2.45. The van der Waals surface area contributed by atoms with Gasteiger partial charge in [-0.25, -0.2) is 14.6 Å². The maximum Gasteiger partial charge on any atom is 0.158 e. The van der Waals surface area contributed by atoms with E-state index >= 15 is 0 Å². The molecular weight excluding hydrogens is 200 g/mol. The van der Waals surface area contributed by atoms with E-state index in [0.29, 0.717) is 11.0 Å². The Morgan fingerprint density at radius 2 is 2.29 bits per heavy atom. The third-order valence-corrected chi connectivity index (χ3v) is 2.11. The molecule has 0 aliphatic carbocycles. The maximum absolute atomic E-state index is 5.74. The summed E-state index contributed by atoms with van der Waals surface area (Å²) in [4.78, 5) is 7.87. The van der Waals surface area contributed by atoms with Crippen LogP contribution in [-0.2, 0) is 6.42 Å². The number of nitrogens with zero attached hydrogens (tertiary/aromatic N) is 4. The average molecular weight is 209 g/mol. The van der Waals surface area contributed by atoms with Gasteiger partial charge < -0.3 is 0 Å². The summed E-state index contributed by atoms with van der Waals surface area (Å²) in [6, 6.07) is 1.67. The summed E-state index contributed by atoms with van der Waals surface area (Å²) in [6.45, 7) is 2.08. The second-order valence-electron chi connectivity index (χ2n) is 2.85. The standard InChI is InChI=1S/C9H9ClN4/c1-2-7-4-13-14(5-7)9-3-8(10)11-6-12-9/h3-6H,2H2,1H3. The van der Waals surface area contributed by atoms with Crippen molar-refractivity contribution in [3.8, 4) is 5.82 Å². The first-order chi connectivity index (χ1) is 6.79. The molecule has 0 atom stereocenters. The van der Waals surface area contributed by atoms with Crippen molar-refractivity contribution in [3.05, 3.63) is 35.5 Å². The van der Waals surface area contributed by atoms with Crippen molar-refractivity contribution in [2.45, 2.75) is 13.3 Å². The molecule has 0 spiro atoms. The Balaban J connectivity index is 2.39. The summed E-state index contributed by atoms with van der Waals surface area (Å²) in [5, 5.41) is 4.59. The van der Waals surface area contributed by atoms with Crippen LogP contribution in [0.3, 0.4) is 0 Å². The van der Waals surface area contributed by atoms with Crippen molar-refractivity contribution in [2.75, 3.05) is 0 Å². The highest BCUT2D eigenvalue weighted by molar-refractivity contribution is 6.29. The molecule has 2 aromatic heterocycles. The van der Waals surface area contributed by atoms with Crippen molar-refractivity contribution in [1.29, 1.82) is 0 Å². The number of rotatable bonds is 2. The van der Waals surface area contributed by atoms with E-state index in [-0.39, 0.29) is 0 Å². The van der Waals surface area contributed by atoms with E-state index in [1.54, 1.807) is 10.7 Å². The van der Waals surface area contributed by atoms with E-state index in [9.17, 15) is 0 Å². The first-order valence-electron chi connectivity index (χ1n) is 4.31. The zero-order valence-electron chi connectivity index (χ0n) is 7.68. The Morgan fingerprint density at radius 3 is 2.93 bits per heavy atom. The lowest BCUT2D eigenvalue weighted by atomic mass is 10.3. The number of hydrogen-bond acceptors (Lipinski definition) is 3. The normalized spacial score (nSPS) is 10.4. The van der Waals surface area contributed by atoms with Crippen LogP contribution in [0, 0.1) is 0 Å². The topological polar surface area (TPSA) is 43.6 Å². The molecule has 0 saturated carbocycles. The smallest absolute Gasteiger partial charge is 0.158 e. The van der Waals surface area contributed by atoms with Crippen LogP contribution in [0.25, 0.3) is 5.82 Å². The fraction of sp³-hybridized carbons (Fsp3) is 0.222. The number of hydrogen-bond donors (Lipinski definition) is 0. The van der Waals surface area contributed by atoms with Crippen LogP contribution in [-0.4, -0.2) is 19.7 Å². The fourth-order valence-electron chi connectivity index (χ4n) is 1.12. The van der Waals surface area contributed by atoms with Crippen LogP contribution in [0.1, 0.15) is 12.5 Å². The second-order valence-corrected chi connectivity index (χ2v) is 3.23. The number of halogens is 1. The molecule has 2 rings (SSSR count). The van der Waals surface area contributed by atoms with E-state index in [1.165, 1.54) is 11.9 Å². The lowest BCUT2D eigenvalue weighted by molar-refractivity contribution is 0.839. The highest BCUT2D eigenvalue weighted by Crippen LogP contribution is 2.09. The van der Waals surface area contributed by atoms with Crippen molar-refractivity contribution < 1.29 is 0 Å². The predicted molar refractivity (Wildman–Crippen MR) is 53.5 cm³/mol. The Labute approximate surface area is 86.6 Å². The molecule has 0 saturated heterocycles. The lowest BCUT2D eigenvalue weighted by Gasteiger charge is -1.98. The molecule has 5 heteroatoms. The molecule has 0 N–H and O–H groups in total. The van der Waals surface area contributed by atoms with Gasteiger partial charge in [0, 0.05) is 12.3 Å². The third-order valence-electron chi connectivity index (χ3n) is 1.90. The first kappa shape index (κ1) is 9.15. The van der Waals surface area contributed by atoms with Gasteiger partial charge in [-0.3, -0.25) is 0 Å². The van der Waals surface area contributed by atoms with E-state index in [2.05, 4.69) is 22.0 Å². The molecule has 0 aliphatic rings. The molecule has 0 aliphatic heterocycles. The second kappa shape index (κ2) is 3.75. The summed E-state index contributed by atoms with van der Waals surface area (Å²) in [7, 11) is 0. The maximum atomic E-state index is 5.74. The summed E-state index contributed by atoms with van der Waals surface area (Å²) < 4.78 is 1.69. The lowest BCUT2D eigenvalue weighted by Crippen LogP contribution is -1.97. The minimum Gasteiger partial charge on any atom is -0.224 e. The van der Waals surface area contributed by atoms with Crippen LogP contribution in [0.5, 0.6) is 0 Å². The molecule has 0 unspecified atom stereocenters. The van der Waals surface area contributed by atoms with Crippen molar-refractivity contribution in [1.82, 2.24) is 19.7 Å². The SMILES string of the molecule is CCc1cnn(-c2cc(Cl)ncn2)c1. The zero-order valence-corrected chi connectivity index (χ0v) is 8.44. The summed E-state index contributed by atoms with van der Waals surface area (Å²) in [5.74, 6) is 0.685. The highest BCUT2D eigenvalue weighted by Gasteiger charge is 2.01. The first-order valence-corrected chi connectivity index (χ1v) is 4.69. The monoisotopic (exact) mass is 208 g/mol. The van der Waals surface area contributed by atoms with E-state index in [4.69, 9.17) is 11.6 Å². The van der Waals surface area contributed by atoms with Crippen LogP contribution in [0.15, 0.2) is 24.8 Å². The van der Waals surface area contributed by atoms with Crippen molar-refractivity contribution in [2.24, 2.45) is 0 Å². The van der Waals surface area contributed by atoms with Crippen molar-refractivity contribution in [3.63, 3.8) is 0 Å². The Bertz CT molecular complexity index is 438. The molecule has 0 aromatic carbocycles. The summed E-state index contributed by atoms with van der Waals surface area (Å²) in [5.41, 5.74) is 1.17. The molecule has 2 aromatic rings. The highest BCUT2D eigenvalue weighted by atomic mass is 35.5. The van der Waals surface area contributed by atoms with Gasteiger partial charge in [0.05, 0.1) is 6.20 Å². The van der Waals surface area contributed by atoms with Crippen molar-refractivity contribution >= 4 is 11.6 Å². The molecule has 2 heterocycles. The van der Waals surface area contributed by atoms with Crippen LogP contribution < -0.4 is 0 Å². The minimum absolute atomic E-state index is 0.420. The molecule has 14 heavy (non-hydrogen) atoms. The third kappa shape index (κ3) is 1.75. The predicted octanol–water partition coefficient (Wildman–Crippen LogP) is 1.88. The van der Waals surface area contributed by atoms with Crippen LogP contribution in [0.2, 0.25) is 5.15 Å². The van der Waals surface area contributed by atoms with E-state index < -0.39 is 0 Å². The molecule has 4 nitrogen and oxygen atoms in total. The molecule has 0 amide bonds. The van der Waals surface area contributed by atoms with Gasteiger partial charge >= 0.3 is 0 Å². The van der Waals surface area contributed by atoms with E-state index in [0.717, 1.165) is 6.42 Å². The van der Waals surface area contributed by atoms with Gasteiger partial charge in [-0.05, 0) is 12.0 Å². The van der Waals surface area contributed by atoms with Gasteiger partial charge in [-0.2, -0.15) is 5.10 Å². The quantitative estimate of drug-likeness (QED) is 0.708. The van der Waals surface area contributed by atoms with Gasteiger partial charge in [-0.1, -0.05) is 18.5 Å². The molecule has 0 radical (unpaired) electrons. The minimum atomic E-state index is 0.420.